The van der Waals surface area contributed by atoms with Crippen molar-refractivity contribution in [2.24, 2.45) is 5.41 Å². The molecule has 2 atom stereocenters. The molecule has 1 rings (SSSR count). The lowest BCUT2D eigenvalue weighted by molar-refractivity contribution is -0.0750. The van der Waals surface area contributed by atoms with E-state index in [4.69, 9.17) is 4.74 Å². The van der Waals surface area contributed by atoms with Crippen molar-refractivity contribution >= 4 is 19.9 Å². The van der Waals surface area contributed by atoms with Crippen LogP contribution in [0.3, 0.4) is 0 Å². The average Bonchev–Trinajstić information content (AvgIpc) is 2.43. The predicted octanol–water partition coefficient (Wildman–Crippen LogP) is 1.60. The molecule has 1 aliphatic heterocycles. The van der Waals surface area contributed by atoms with Crippen LogP contribution in [0.25, 0.3) is 0 Å². The third-order valence-corrected chi connectivity index (χ3v) is 8.14. The Hall–Kier alpha value is -0.220. The number of rotatable bonds is 7. The Kier molecular flexibility index (Phi) is 7.95. The fourth-order valence-electron chi connectivity index (χ4n) is 2.95. The molecular formula is C18H38N2O5S2. The van der Waals surface area contributed by atoms with Gasteiger partial charge in [-0.25, -0.2) is 16.8 Å². The maximum Gasteiger partial charge on any atom is 0.211 e. The summed E-state index contributed by atoms with van der Waals surface area (Å²) in [6, 6.07) is 0. The minimum atomic E-state index is -3.41. The fraction of sp³-hybridized carbons (Fsp3) is 1.00. The van der Waals surface area contributed by atoms with E-state index in [0.29, 0.717) is 19.6 Å². The summed E-state index contributed by atoms with van der Waals surface area (Å²) in [6.07, 6.45) is 0.807. The summed E-state index contributed by atoms with van der Waals surface area (Å²) in [5, 5.41) is 0. The second-order valence-corrected chi connectivity index (χ2v) is 13.9. The van der Waals surface area contributed by atoms with Gasteiger partial charge in [-0.2, -0.15) is 4.31 Å². The second kappa shape index (κ2) is 8.65. The Morgan fingerprint density at radius 3 is 1.93 bits per heavy atom. The third-order valence-electron chi connectivity index (χ3n) is 5.03. The van der Waals surface area contributed by atoms with E-state index in [9.17, 15) is 16.8 Å². The van der Waals surface area contributed by atoms with Crippen LogP contribution in [0.2, 0.25) is 0 Å². The average molecular weight is 427 g/mol. The molecule has 0 N–H and O–H groups in total. The van der Waals surface area contributed by atoms with E-state index in [0.717, 1.165) is 0 Å². The Bertz CT molecular complexity index is 676. The number of ether oxygens (including phenoxy) is 1. The van der Waals surface area contributed by atoms with Crippen molar-refractivity contribution in [1.29, 1.82) is 0 Å². The van der Waals surface area contributed by atoms with E-state index in [1.165, 1.54) is 10.6 Å². The van der Waals surface area contributed by atoms with Gasteiger partial charge in [0.1, 0.15) is 0 Å². The minimum Gasteiger partial charge on any atom is -0.372 e. The minimum absolute atomic E-state index is 0.0719. The molecule has 0 aromatic heterocycles. The van der Waals surface area contributed by atoms with E-state index in [1.807, 2.05) is 27.7 Å². The summed E-state index contributed by atoms with van der Waals surface area (Å²) in [7, 11) is -6.37. The van der Waals surface area contributed by atoms with Gasteiger partial charge in [-0.05, 0) is 33.1 Å². The van der Waals surface area contributed by atoms with Crippen LogP contribution < -0.4 is 0 Å². The zero-order chi connectivity index (χ0) is 21.3. The molecule has 0 radical (unpaired) electrons. The topological polar surface area (TPSA) is 84.0 Å². The molecule has 9 heteroatoms. The van der Waals surface area contributed by atoms with Crippen molar-refractivity contribution in [2.45, 2.75) is 66.2 Å². The molecule has 1 heterocycles. The predicted molar refractivity (Wildman–Crippen MR) is 110 cm³/mol. The molecule has 0 aromatic rings. The number of sulfone groups is 1. The Morgan fingerprint density at radius 1 is 1.07 bits per heavy atom. The van der Waals surface area contributed by atoms with Crippen molar-refractivity contribution < 1.29 is 21.6 Å². The first-order chi connectivity index (χ1) is 11.9. The van der Waals surface area contributed by atoms with Crippen LogP contribution >= 0.6 is 0 Å². The van der Waals surface area contributed by atoms with Gasteiger partial charge in [0.05, 0.1) is 30.0 Å². The zero-order valence-electron chi connectivity index (χ0n) is 18.1. The quantitative estimate of drug-likeness (QED) is 0.615. The smallest absolute Gasteiger partial charge is 0.211 e. The van der Waals surface area contributed by atoms with Crippen molar-refractivity contribution in [2.75, 3.05) is 43.9 Å². The first-order valence-corrected chi connectivity index (χ1v) is 13.1. The van der Waals surface area contributed by atoms with Gasteiger partial charge in [0.2, 0.25) is 10.0 Å². The number of hydrogen-bond donors (Lipinski definition) is 0. The lowest BCUT2D eigenvalue weighted by Gasteiger charge is -2.40. The lowest BCUT2D eigenvalue weighted by Crippen LogP contribution is -2.53. The molecule has 0 aliphatic carbocycles. The van der Waals surface area contributed by atoms with Gasteiger partial charge in [0, 0.05) is 31.7 Å². The summed E-state index contributed by atoms with van der Waals surface area (Å²) in [5.74, 6) is 0.285. The summed E-state index contributed by atoms with van der Waals surface area (Å²) < 4.78 is 55.8. The first-order valence-electron chi connectivity index (χ1n) is 9.48. The Balaban J connectivity index is 2.99. The number of hydrogen-bond acceptors (Lipinski definition) is 6. The van der Waals surface area contributed by atoms with E-state index in [1.54, 1.807) is 0 Å². The molecule has 2 unspecified atom stereocenters. The largest absolute Gasteiger partial charge is 0.372 e. The molecule has 0 saturated carbocycles. The Labute approximate surface area is 166 Å². The van der Waals surface area contributed by atoms with Crippen LogP contribution in [0.1, 0.15) is 48.5 Å². The van der Waals surface area contributed by atoms with Gasteiger partial charge in [-0.1, -0.05) is 20.8 Å². The van der Waals surface area contributed by atoms with Gasteiger partial charge in [0.15, 0.2) is 9.84 Å². The summed E-state index contributed by atoms with van der Waals surface area (Å²) in [6.45, 7) is 15.5. The highest BCUT2D eigenvalue weighted by molar-refractivity contribution is 7.91. The molecule has 0 aromatic carbocycles. The molecular weight excluding hydrogens is 388 g/mol. The van der Waals surface area contributed by atoms with Crippen molar-refractivity contribution in [3.8, 4) is 0 Å². The normalized spacial score (nSPS) is 22.0. The first kappa shape index (κ1) is 24.8. The maximum atomic E-state index is 12.4. The Morgan fingerprint density at radius 2 is 1.56 bits per heavy atom. The summed E-state index contributed by atoms with van der Waals surface area (Å²) in [5.41, 5.74) is -0.646. The van der Waals surface area contributed by atoms with E-state index >= 15 is 0 Å². The van der Waals surface area contributed by atoms with Crippen LogP contribution in [0, 0.1) is 5.41 Å². The van der Waals surface area contributed by atoms with Crippen LogP contribution in [0.5, 0.6) is 0 Å². The molecule has 0 amide bonds. The SMILES string of the molecule is CC(OC(CN1CCS(=O)(=O)CC1)CN(C(C)(C)C)S(C)(=O)=O)C(C)(C)C. The second-order valence-electron chi connectivity index (χ2n) is 9.68. The van der Waals surface area contributed by atoms with Crippen molar-refractivity contribution in [1.82, 2.24) is 9.21 Å². The van der Waals surface area contributed by atoms with E-state index in [2.05, 4.69) is 25.7 Å². The zero-order valence-corrected chi connectivity index (χ0v) is 19.8. The van der Waals surface area contributed by atoms with Gasteiger partial charge < -0.3 is 4.74 Å². The standard InChI is InChI=1S/C18H38N2O5S2/c1-15(17(2,3)4)25-16(13-19-9-11-27(23,24)12-10-19)14-20(18(5,6)7)26(8,21)22/h15-16H,9-14H2,1-8H3. The maximum absolute atomic E-state index is 12.4. The third kappa shape index (κ3) is 8.35. The highest BCUT2D eigenvalue weighted by atomic mass is 32.2. The van der Waals surface area contributed by atoms with Crippen LogP contribution in [-0.2, 0) is 24.6 Å². The highest BCUT2D eigenvalue weighted by Gasteiger charge is 2.35. The van der Waals surface area contributed by atoms with E-state index < -0.39 is 25.4 Å². The van der Waals surface area contributed by atoms with E-state index in [-0.39, 0.29) is 35.7 Å². The van der Waals surface area contributed by atoms with Gasteiger partial charge >= 0.3 is 0 Å². The monoisotopic (exact) mass is 426 g/mol. The summed E-state index contributed by atoms with van der Waals surface area (Å²) >= 11 is 0. The number of sulfonamides is 1. The molecule has 7 nitrogen and oxygen atoms in total. The van der Waals surface area contributed by atoms with Gasteiger partial charge in [-0.3, -0.25) is 4.90 Å². The molecule has 1 fully saturated rings. The molecule has 162 valence electrons. The van der Waals surface area contributed by atoms with Crippen LogP contribution in [0.15, 0.2) is 0 Å². The van der Waals surface area contributed by atoms with Crippen molar-refractivity contribution in [3.05, 3.63) is 0 Å². The van der Waals surface area contributed by atoms with Crippen LogP contribution in [-0.4, -0.2) is 87.7 Å². The van der Waals surface area contributed by atoms with Gasteiger partial charge in [-0.15, -0.1) is 0 Å². The molecule has 27 heavy (non-hydrogen) atoms. The number of nitrogens with zero attached hydrogens (tertiary/aromatic N) is 2. The molecule has 0 spiro atoms. The van der Waals surface area contributed by atoms with Gasteiger partial charge in [0.25, 0.3) is 0 Å². The highest BCUT2D eigenvalue weighted by Crippen LogP contribution is 2.25. The lowest BCUT2D eigenvalue weighted by atomic mass is 9.90. The van der Waals surface area contributed by atoms with Crippen molar-refractivity contribution in [3.63, 3.8) is 0 Å². The molecule has 1 saturated heterocycles. The molecule has 1 aliphatic rings. The summed E-state index contributed by atoms with van der Waals surface area (Å²) in [4.78, 5) is 2.06. The van der Waals surface area contributed by atoms with Crippen LogP contribution in [0.4, 0.5) is 0 Å². The molecule has 0 bridgehead atoms. The fourth-order valence-corrected chi connectivity index (χ4v) is 5.66.